The Balaban J connectivity index is 1.49. The maximum atomic E-state index is 5.85. The van der Waals surface area contributed by atoms with Gasteiger partial charge in [-0.2, -0.15) is 0 Å². The number of hydrogen-bond donors (Lipinski definition) is 1. The lowest BCUT2D eigenvalue weighted by atomic mass is 10.1. The minimum atomic E-state index is 0.476. The molecule has 1 N–H and O–H groups in total. The maximum Gasteiger partial charge on any atom is 0.0964 e. The minimum Gasteiger partial charge on any atom is -0.375 e. The molecule has 6 nitrogen and oxygen atoms in total. The summed E-state index contributed by atoms with van der Waals surface area (Å²) in [6.07, 6.45) is 6.35. The van der Waals surface area contributed by atoms with E-state index in [1.807, 2.05) is 4.68 Å². The third kappa shape index (κ3) is 3.19. The fourth-order valence-electron chi connectivity index (χ4n) is 3.30. The van der Waals surface area contributed by atoms with Gasteiger partial charge in [0.25, 0.3) is 0 Å². The summed E-state index contributed by atoms with van der Waals surface area (Å²) in [4.78, 5) is 2.58. The van der Waals surface area contributed by atoms with Gasteiger partial charge in [-0.15, -0.1) is 5.10 Å². The molecule has 6 heteroatoms. The van der Waals surface area contributed by atoms with E-state index in [9.17, 15) is 0 Å². The maximum absolute atomic E-state index is 5.85. The topological polar surface area (TPSA) is 55.2 Å². The van der Waals surface area contributed by atoms with Crippen molar-refractivity contribution in [1.82, 2.24) is 25.2 Å². The third-order valence-electron chi connectivity index (χ3n) is 4.36. The van der Waals surface area contributed by atoms with Crippen LogP contribution in [0.4, 0.5) is 0 Å². The van der Waals surface area contributed by atoms with E-state index in [4.69, 9.17) is 4.74 Å². The second-order valence-corrected chi connectivity index (χ2v) is 5.70. The van der Waals surface area contributed by atoms with Crippen molar-refractivity contribution in [3.05, 3.63) is 11.9 Å². The van der Waals surface area contributed by atoms with E-state index in [0.717, 1.165) is 45.0 Å². The molecule has 1 saturated heterocycles. The number of aromatic nitrogens is 3. The first-order valence-corrected chi connectivity index (χ1v) is 7.82. The average molecular weight is 279 g/mol. The smallest absolute Gasteiger partial charge is 0.0964 e. The van der Waals surface area contributed by atoms with Gasteiger partial charge < -0.3 is 10.1 Å². The predicted molar refractivity (Wildman–Crippen MR) is 76.4 cm³/mol. The SMILES string of the molecule is CCNCc1cn(CCN2CCOC3CCCC32)nn1. The standard InChI is InChI=1S/C14H25N5O/c1-2-15-10-12-11-19(17-16-12)7-6-18-8-9-20-14-5-3-4-13(14)18/h11,13-15H,2-10H2,1H3. The monoisotopic (exact) mass is 279 g/mol. The zero-order valence-corrected chi connectivity index (χ0v) is 12.3. The number of rotatable bonds is 6. The first kappa shape index (κ1) is 14.0. The zero-order chi connectivity index (χ0) is 13.8. The van der Waals surface area contributed by atoms with E-state index in [1.165, 1.54) is 19.3 Å². The molecule has 2 heterocycles. The van der Waals surface area contributed by atoms with Crippen LogP contribution in [0.5, 0.6) is 0 Å². The van der Waals surface area contributed by atoms with Crippen molar-refractivity contribution in [2.75, 3.05) is 26.2 Å². The lowest BCUT2D eigenvalue weighted by molar-refractivity contribution is -0.0566. The van der Waals surface area contributed by atoms with Gasteiger partial charge in [0.2, 0.25) is 0 Å². The average Bonchev–Trinajstić information content (AvgIpc) is 3.11. The van der Waals surface area contributed by atoms with E-state index in [0.29, 0.717) is 12.1 Å². The summed E-state index contributed by atoms with van der Waals surface area (Å²) in [5.74, 6) is 0. The molecule has 0 aromatic carbocycles. The molecule has 1 aliphatic carbocycles. The van der Waals surface area contributed by atoms with Crippen molar-refractivity contribution in [2.24, 2.45) is 0 Å². The van der Waals surface area contributed by atoms with Gasteiger partial charge in [0.15, 0.2) is 0 Å². The van der Waals surface area contributed by atoms with E-state index in [2.05, 4.69) is 33.6 Å². The van der Waals surface area contributed by atoms with Gasteiger partial charge in [-0.1, -0.05) is 12.1 Å². The Bertz CT molecular complexity index is 421. The molecular formula is C14H25N5O. The Kier molecular flexibility index (Phi) is 4.65. The molecule has 2 unspecified atom stereocenters. The van der Waals surface area contributed by atoms with E-state index >= 15 is 0 Å². The lowest BCUT2D eigenvalue weighted by Crippen LogP contribution is -2.49. The van der Waals surface area contributed by atoms with E-state index in [1.54, 1.807) is 0 Å². The van der Waals surface area contributed by atoms with Crippen LogP contribution >= 0.6 is 0 Å². The molecule has 112 valence electrons. The summed E-state index contributed by atoms with van der Waals surface area (Å²) in [7, 11) is 0. The fourth-order valence-corrected chi connectivity index (χ4v) is 3.30. The molecule has 0 amide bonds. The largest absolute Gasteiger partial charge is 0.375 e. The summed E-state index contributed by atoms with van der Waals surface area (Å²) in [5, 5.41) is 11.7. The number of ether oxygens (including phenoxy) is 1. The highest BCUT2D eigenvalue weighted by atomic mass is 16.5. The molecule has 1 aromatic heterocycles. The van der Waals surface area contributed by atoms with Crippen LogP contribution in [-0.2, 0) is 17.8 Å². The molecule has 20 heavy (non-hydrogen) atoms. The molecule has 1 saturated carbocycles. The highest BCUT2D eigenvalue weighted by molar-refractivity contribution is 4.92. The highest BCUT2D eigenvalue weighted by Crippen LogP contribution is 2.29. The summed E-state index contributed by atoms with van der Waals surface area (Å²) >= 11 is 0. The van der Waals surface area contributed by atoms with Crippen molar-refractivity contribution in [3.8, 4) is 0 Å². The van der Waals surface area contributed by atoms with Crippen molar-refractivity contribution in [2.45, 2.75) is 51.4 Å². The summed E-state index contributed by atoms with van der Waals surface area (Å²) in [6, 6.07) is 0.633. The highest BCUT2D eigenvalue weighted by Gasteiger charge is 2.35. The Morgan fingerprint density at radius 1 is 1.40 bits per heavy atom. The number of nitrogens with one attached hydrogen (secondary N) is 1. The molecule has 0 bridgehead atoms. The van der Waals surface area contributed by atoms with Gasteiger partial charge in [0.1, 0.15) is 0 Å². The van der Waals surface area contributed by atoms with Crippen LogP contribution in [0, 0.1) is 0 Å². The first-order valence-electron chi connectivity index (χ1n) is 7.82. The van der Waals surface area contributed by atoms with Gasteiger partial charge in [-0.05, 0) is 25.8 Å². The van der Waals surface area contributed by atoms with Crippen LogP contribution in [0.1, 0.15) is 31.9 Å². The van der Waals surface area contributed by atoms with Gasteiger partial charge >= 0.3 is 0 Å². The molecule has 1 aromatic rings. The van der Waals surface area contributed by atoms with Gasteiger partial charge in [0.05, 0.1) is 24.9 Å². The third-order valence-corrected chi connectivity index (χ3v) is 4.36. The van der Waals surface area contributed by atoms with E-state index < -0.39 is 0 Å². The molecule has 2 fully saturated rings. The van der Waals surface area contributed by atoms with Crippen molar-refractivity contribution >= 4 is 0 Å². The van der Waals surface area contributed by atoms with Gasteiger partial charge in [-0.25, -0.2) is 0 Å². The van der Waals surface area contributed by atoms with Crippen LogP contribution in [0.15, 0.2) is 6.20 Å². The quantitative estimate of drug-likeness (QED) is 0.828. The molecule has 1 aliphatic heterocycles. The number of nitrogens with zero attached hydrogens (tertiary/aromatic N) is 4. The Morgan fingerprint density at radius 2 is 2.35 bits per heavy atom. The van der Waals surface area contributed by atoms with Crippen molar-refractivity contribution < 1.29 is 4.74 Å². The van der Waals surface area contributed by atoms with E-state index in [-0.39, 0.29) is 0 Å². The van der Waals surface area contributed by atoms with Gasteiger partial charge in [-0.3, -0.25) is 9.58 Å². The van der Waals surface area contributed by atoms with Crippen LogP contribution in [0.3, 0.4) is 0 Å². The summed E-state index contributed by atoms with van der Waals surface area (Å²) in [5.41, 5.74) is 1.02. The molecule has 2 atom stereocenters. The second-order valence-electron chi connectivity index (χ2n) is 5.70. The van der Waals surface area contributed by atoms with Crippen LogP contribution < -0.4 is 5.32 Å². The lowest BCUT2D eigenvalue weighted by Gasteiger charge is -2.37. The molecule has 0 radical (unpaired) electrons. The normalized spacial score (nSPS) is 26.9. The summed E-state index contributed by atoms with van der Waals surface area (Å²) in [6.45, 7) is 7.77. The summed E-state index contributed by atoms with van der Waals surface area (Å²) < 4.78 is 7.81. The van der Waals surface area contributed by atoms with Crippen LogP contribution in [-0.4, -0.2) is 58.3 Å². The Morgan fingerprint density at radius 3 is 3.25 bits per heavy atom. The molecule has 0 spiro atoms. The minimum absolute atomic E-state index is 0.476. The molecule has 3 rings (SSSR count). The molecular weight excluding hydrogens is 254 g/mol. The molecule has 2 aliphatic rings. The van der Waals surface area contributed by atoms with Crippen LogP contribution in [0.2, 0.25) is 0 Å². The number of morpholine rings is 1. The Hall–Kier alpha value is -0.980. The van der Waals surface area contributed by atoms with Gasteiger partial charge in [0, 0.05) is 31.9 Å². The Labute approximate surface area is 120 Å². The second kappa shape index (κ2) is 6.65. The number of hydrogen-bond acceptors (Lipinski definition) is 5. The van der Waals surface area contributed by atoms with Crippen LogP contribution in [0.25, 0.3) is 0 Å². The fraction of sp³-hybridized carbons (Fsp3) is 0.857. The number of fused-ring (bicyclic) bond motifs is 1. The van der Waals surface area contributed by atoms with Crippen molar-refractivity contribution in [3.63, 3.8) is 0 Å². The zero-order valence-electron chi connectivity index (χ0n) is 12.3. The first-order chi connectivity index (χ1) is 9.86. The van der Waals surface area contributed by atoms with Crippen molar-refractivity contribution in [1.29, 1.82) is 0 Å². The predicted octanol–water partition coefficient (Wildman–Crippen LogP) is 0.641.